The van der Waals surface area contributed by atoms with Gasteiger partial charge in [0.1, 0.15) is 5.75 Å². The van der Waals surface area contributed by atoms with Gasteiger partial charge in [-0.05, 0) is 59.4 Å². The van der Waals surface area contributed by atoms with E-state index in [4.69, 9.17) is 4.74 Å². The van der Waals surface area contributed by atoms with E-state index in [1.54, 1.807) is 7.11 Å². The Morgan fingerprint density at radius 1 is 0.933 bits per heavy atom. The second-order valence-electron chi connectivity index (χ2n) is 7.78. The van der Waals surface area contributed by atoms with Crippen molar-refractivity contribution in [2.45, 2.75) is 25.9 Å². The normalized spacial score (nSPS) is 13.5. The molecule has 0 atom stereocenters. The first-order chi connectivity index (χ1) is 14.7. The van der Waals surface area contributed by atoms with Gasteiger partial charge in [-0.25, -0.2) is 0 Å². The number of fused-ring (bicyclic) bond motifs is 1. The summed E-state index contributed by atoms with van der Waals surface area (Å²) in [6.45, 7) is 3.59. The molecular formula is C26H28N2O2. The fraction of sp³-hybridized carbons (Fsp3) is 0.269. The molecule has 4 rings (SSSR count). The zero-order valence-electron chi connectivity index (χ0n) is 17.4. The van der Waals surface area contributed by atoms with E-state index in [1.807, 2.05) is 36.4 Å². The Balaban J connectivity index is 1.26. The lowest BCUT2D eigenvalue weighted by Gasteiger charge is -2.28. The highest BCUT2D eigenvalue weighted by Crippen LogP contribution is 2.20. The van der Waals surface area contributed by atoms with Crippen molar-refractivity contribution in [2.75, 3.05) is 20.2 Å². The number of amides is 1. The molecule has 4 nitrogen and oxygen atoms in total. The smallest absolute Gasteiger partial charge is 0.251 e. The molecule has 1 aliphatic heterocycles. The van der Waals surface area contributed by atoms with Gasteiger partial charge < -0.3 is 10.1 Å². The second kappa shape index (κ2) is 9.59. The number of ether oxygens (including phenoxy) is 1. The number of hydrogen-bond acceptors (Lipinski definition) is 3. The Kier molecular flexibility index (Phi) is 6.45. The van der Waals surface area contributed by atoms with Crippen molar-refractivity contribution in [3.63, 3.8) is 0 Å². The maximum absolute atomic E-state index is 12.4. The number of hydrogen-bond donors (Lipinski definition) is 1. The molecule has 1 N–H and O–H groups in total. The minimum atomic E-state index is -0.0260. The third kappa shape index (κ3) is 5.08. The van der Waals surface area contributed by atoms with Gasteiger partial charge in [0.25, 0.3) is 5.91 Å². The van der Waals surface area contributed by atoms with E-state index >= 15 is 0 Å². The van der Waals surface area contributed by atoms with Gasteiger partial charge in [0.05, 0.1) is 7.11 Å². The van der Waals surface area contributed by atoms with Crippen molar-refractivity contribution in [3.05, 3.63) is 101 Å². The van der Waals surface area contributed by atoms with Crippen LogP contribution in [0.3, 0.4) is 0 Å². The molecule has 0 aliphatic carbocycles. The molecule has 0 fully saturated rings. The Morgan fingerprint density at radius 2 is 1.63 bits per heavy atom. The second-order valence-corrected chi connectivity index (χ2v) is 7.78. The fourth-order valence-electron chi connectivity index (χ4n) is 3.92. The predicted molar refractivity (Wildman–Crippen MR) is 120 cm³/mol. The predicted octanol–water partition coefficient (Wildman–Crippen LogP) is 4.23. The summed E-state index contributed by atoms with van der Waals surface area (Å²) in [5, 5.41) is 3.01. The highest BCUT2D eigenvalue weighted by atomic mass is 16.5. The molecule has 30 heavy (non-hydrogen) atoms. The van der Waals surface area contributed by atoms with Crippen molar-refractivity contribution < 1.29 is 9.53 Å². The summed E-state index contributed by atoms with van der Waals surface area (Å²) in [6, 6.07) is 24.6. The quantitative estimate of drug-likeness (QED) is 0.645. The van der Waals surface area contributed by atoms with Crippen LogP contribution in [0.15, 0.2) is 72.8 Å². The minimum absolute atomic E-state index is 0.0260. The van der Waals surface area contributed by atoms with Crippen LogP contribution >= 0.6 is 0 Å². The SMILES string of the molecule is COc1ccc(CCNC(=O)c2ccc(CN3CCc4ccccc4C3)cc2)cc1. The molecule has 0 spiro atoms. The minimum Gasteiger partial charge on any atom is -0.497 e. The van der Waals surface area contributed by atoms with E-state index in [-0.39, 0.29) is 5.91 Å². The molecule has 3 aromatic carbocycles. The van der Waals surface area contributed by atoms with Crippen LogP contribution in [0.25, 0.3) is 0 Å². The lowest BCUT2D eigenvalue weighted by molar-refractivity contribution is 0.0954. The Bertz CT molecular complexity index is 981. The lowest BCUT2D eigenvalue weighted by atomic mass is 9.99. The number of nitrogens with zero attached hydrogens (tertiary/aromatic N) is 1. The van der Waals surface area contributed by atoms with Crippen molar-refractivity contribution >= 4 is 5.91 Å². The van der Waals surface area contributed by atoms with Crippen LogP contribution in [-0.2, 0) is 25.9 Å². The van der Waals surface area contributed by atoms with Gasteiger partial charge in [0, 0.05) is 31.7 Å². The first-order valence-electron chi connectivity index (χ1n) is 10.5. The van der Waals surface area contributed by atoms with Crippen molar-refractivity contribution in [2.24, 2.45) is 0 Å². The van der Waals surface area contributed by atoms with Crippen LogP contribution in [0.1, 0.15) is 32.6 Å². The monoisotopic (exact) mass is 400 g/mol. The van der Waals surface area contributed by atoms with Crippen molar-refractivity contribution in [1.29, 1.82) is 0 Å². The standard InChI is InChI=1S/C26H28N2O2/c1-30-25-12-8-20(9-13-25)14-16-27-26(29)23-10-6-21(7-11-23)18-28-17-15-22-4-2-3-5-24(22)19-28/h2-13H,14-19H2,1H3,(H,27,29). The number of benzene rings is 3. The zero-order chi connectivity index (χ0) is 20.8. The van der Waals surface area contributed by atoms with Crippen LogP contribution in [-0.4, -0.2) is 31.0 Å². The first kappa shape index (κ1) is 20.2. The molecule has 1 heterocycles. The molecule has 154 valence electrons. The van der Waals surface area contributed by atoms with Crippen LogP contribution in [0.5, 0.6) is 5.75 Å². The molecule has 0 saturated carbocycles. The topological polar surface area (TPSA) is 41.6 Å². The summed E-state index contributed by atoms with van der Waals surface area (Å²) in [6.07, 6.45) is 1.90. The Hall–Kier alpha value is -3.11. The number of carbonyl (C=O) groups excluding carboxylic acids is 1. The molecular weight excluding hydrogens is 372 g/mol. The van der Waals surface area contributed by atoms with Gasteiger partial charge in [-0.15, -0.1) is 0 Å². The lowest BCUT2D eigenvalue weighted by Crippen LogP contribution is -2.30. The van der Waals surface area contributed by atoms with Gasteiger partial charge >= 0.3 is 0 Å². The third-order valence-corrected chi connectivity index (χ3v) is 5.69. The highest BCUT2D eigenvalue weighted by molar-refractivity contribution is 5.94. The van der Waals surface area contributed by atoms with Gasteiger partial charge in [-0.2, -0.15) is 0 Å². The Labute approximate surface area is 178 Å². The number of carbonyl (C=O) groups is 1. The number of rotatable bonds is 7. The van der Waals surface area contributed by atoms with E-state index in [2.05, 4.69) is 46.6 Å². The summed E-state index contributed by atoms with van der Waals surface area (Å²) in [5.41, 5.74) is 6.02. The molecule has 0 bridgehead atoms. The fourth-order valence-corrected chi connectivity index (χ4v) is 3.92. The van der Waals surface area contributed by atoms with Gasteiger partial charge in [0.15, 0.2) is 0 Å². The summed E-state index contributed by atoms with van der Waals surface area (Å²) >= 11 is 0. The summed E-state index contributed by atoms with van der Waals surface area (Å²) in [7, 11) is 1.66. The van der Waals surface area contributed by atoms with Crippen molar-refractivity contribution in [1.82, 2.24) is 10.2 Å². The van der Waals surface area contributed by atoms with Gasteiger partial charge in [0.2, 0.25) is 0 Å². The average molecular weight is 401 g/mol. The molecule has 0 aromatic heterocycles. The number of nitrogens with one attached hydrogen (secondary N) is 1. The van der Waals surface area contributed by atoms with Crippen LogP contribution in [0.4, 0.5) is 0 Å². The van der Waals surface area contributed by atoms with E-state index in [0.717, 1.165) is 38.2 Å². The summed E-state index contributed by atoms with van der Waals surface area (Å²) in [4.78, 5) is 14.9. The molecule has 1 aliphatic rings. The molecule has 3 aromatic rings. The third-order valence-electron chi connectivity index (χ3n) is 5.69. The number of methoxy groups -OCH3 is 1. The molecule has 0 saturated heterocycles. The maximum atomic E-state index is 12.4. The Morgan fingerprint density at radius 3 is 2.37 bits per heavy atom. The van der Waals surface area contributed by atoms with E-state index in [0.29, 0.717) is 12.1 Å². The van der Waals surface area contributed by atoms with Gasteiger partial charge in [-0.3, -0.25) is 9.69 Å². The van der Waals surface area contributed by atoms with Crippen LogP contribution < -0.4 is 10.1 Å². The molecule has 0 radical (unpaired) electrons. The molecule has 1 amide bonds. The molecule has 4 heteroatoms. The van der Waals surface area contributed by atoms with E-state index < -0.39 is 0 Å². The van der Waals surface area contributed by atoms with Crippen LogP contribution in [0, 0.1) is 0 Å². The molecule has 0 unspecified atom stereocenters. The maximum Gasteiger partial charge on any atom is 0.251 e. The summed E-state index contributed by atoms with van der Waals surface area (Å²) in [5.74, 6) is 0.818. The van der Waals surface area contributed by atoms with E-state index in [9.17, 15) is 4.79 Å². The van der Waals surface area contributed by atoms with E-state index in [1.165, 1.54) is 22.3 Å². The van der Waals surface area contributed by atoms with Crippen molar-refractivity contribution in [3.8, 4) is 5.75 Å². The highest BCUT2D eigenvalue weighted by Gasteiger charge is 2.16. The largest absolute Gasteiger partial charge is 0.497 e. The van der Waals surface area contributed by atoms with Gasteiger partial charge in [-0.1, -0.05) is 48.5 Å². The summed E-state index contributed by atoms with van der Waals surface area (Å²) < 4.78 is 5.17. The average Bonchev–Trinajstić information content (AvgIpc) is 2.80. The van der Waals surface area contributed by atoms with Crippen LogP contribution in [0.2, 0.25) is 0 Å². The first-order valence-corrected chi connectivity index (χ1v) is 10.5. The zero-order valence-corrected chi connectivity index (χ0v) is 17.4.